The number of carbonyl (C=O) groups is 1. The third-order valence-electron chi connectivity index (χ3n) is 5.95. The number of halogens is 1. The summed E-state index contributed by atoms with van der Waals surface area (Å²) in [6, 6.07) is 13.8. The number of hydrogen-bond acceptors (Lipinski definition) is 4. The van der Waals surface area contributed by atoms with Gasteiger partial charge in [0.05, 0.1) is 12.1 Å². The monoisotopic (exact) mass is 369 g/mol. The van der Waals surface area contributed by atoms with Gasteiger partial charge in [0.1, 0.15) is 0 Å². The molecule has 3 atom stereocenters. The molecule has 4 nitrogen and oxygen atoms in total. The van der Waals surface area contributed by atoms with Crippen LogP contribution in [0, 0.1) is 17.7 Å². The second-order valence-corrected chi connectivity index (χ2v) is 8.10. The number of aromatic hydroxyl groups is 1. The molecular weight excluding hydrogens is 345 g/mol. The van der Waals surface area contributed by atoms with Gasteiger partial charge in [0, 0.05) is 25.1 Å². The highest BCUT2D eigenvalue weighted by Gasteiger charge is 2.48. The molecule has 2 fully saturated rings. The lowest BCUT2D eigenvalue weighted by molar-refractivity contribution is 0.0355. The molecule has 0 unspecified atom stereocenters. The topological polar surface area (TPSA) is 60.8 Å². The Morgan fingerprint density at radius 1 is 1.11 bits per heavy atom. The maximum absolute atomic E-state index is 13.5. The van der Waals surface area contributed by atoms with Gasteiger partial charge < -0.3 is 10.2 Å². The van der Waals surface area contributed by atoms with E-state index in [0.717, 1.165) is 37.6 Å². The van der Waals surface area contributed by atoms with Crippen LogP contribution in [-0.4, -0.2) is 46.1 Å². The van der Waals surface area contributed by atoms with E-state index in [4.69, 9.17) is 0 Å². The van der Waals surface area contributed by atoms with E-state index in [1.54, 1.807) is 0 Å². The zero-order valence-corrected chi connectivity index (χ0v) is 15.1. The molecule has 1 saturated heterocycles. The molecule has 142 valence electrons. The van der Waals surface area contributed by atoms with Crippen molar-refractivity contribution in [1.29, 1.82) is 0 Å². The summed E-state index contributed by atoms with van der Waals surface area (Å²) in [5.74, 6) is -0.579. The molecular formula is C22H24FNO3. The van der Waals surface area contributed by atoms with Crippen LogP contribution in [0.4, 0.5) is 4.39 Å². The Labute approximate surface area is 158 Å². The molecule has 2 aliphatic rings. The maximum Gasteiger partial charge on any atom is 0.176 e. The molecule has 1 aliphatic carbocycles. The van der Waals surface area contributed by atoms with Crippen molar-refractivity contribution in [2.45, 2.75) is 24.9 Å². The second kappa shape index (κ2) is 7.06. The van der Waals surface area contributed by atoms with Gasteiger partial charge in [-0.2, -0.15) is 0 Å². The predicted molar refractivity (Wildman–Crippen MR) is 100 cm³/mol. The van der Waals surface area contributed by atoms with E-state index in [2.05, 4.69) is 4.90 Å². The SMILES string of the molecule is O=C(CN1C[C@@H]2C[C@](O)(Cc3ccccc3)C[C@@H]2C1)c1ccc(O)c(F)c1. The van der Waals surface area contributed by atoms with E-state index in [1.165, 1.54) is 12.1 Å². The number of aliphatic hydroxyl groups is 1. The number of fused-ring (bicyclic) bond motifs is 1. The number of phenolic OH excluding ortho intramolecular Hbond substituents is 1. The van der Waals surface area contributed by atoms with Crippen molar-refractivity contribution in [3.05, 3.63) is 65.5 Å². The molecule has 0 spiro atoms. The first-order valence-corrected chi connectivity index (χ1v) is 9.42. The molecule has 1 aliphatic heterocycles. The number of rotatable bonds is 5. The molecule has 1 heterocycles. The van der Waals surface area contributed by atoms with Crippen molar-refractivity contribution < 1.29 is 19.4 Å². The number of carbonyl (C=O) groups excluding carboxylic acids is 1. The van der Waals surface area contributed by atoms with Gasteiger partial charge in [0.15, 0.2) is 17.3 Å². The Morgan fingerprint density at radius 2 is 1.78 bits per heavy atom. The van der Waals surface area contributed by atoms with Crippen LogP contribution in [0.3, 0.4) is 0 Å². The first-order valence-electron chi connectivity index (χ1n) is 9.42. The molecule has 5 heteroatoms. The summed E-state index contributed by atoms with van der Waals surface area (Å²) in [5, 5.41) is 20.3. The first kappa shape index (κ1) is 18.1. The Bertz CT molecular complexity index is 825. The summed E-state index contributed by atoms with van der Waals surface area (Å²) in [4.78, 5) is 14.5. The molecule has 2 N–H and O–H groups in total. The van der Waals surface area contributed by atoms with E-state index in [0.29, 0.717) is 18.3 Å². The first-order chi connectivity index (χ1) is 12.9. The molecule has 2 aromatic rings. The minimum Gasteiger partial charge on any atom is -0.505 e. The number of Topliss-reactive ketones (excluding diaryl/α,β-unsaturated/α-hetero) is 1. The molecule has 0 aromatic heterocycles. The van der Waals surface area contributed by atoms with Gasteiger partial charge in [0.2, 0.25) is 0 Å². The summed E-state index contributed by atoms with van der Waals surface area (Å²) >= 11 is 0. The molecule has 0 amide bonds. The standard InChI is InChI=1S/C22H24FNO3/c23-19-8-16(6-7-20(19)25)21(26)14-24-12-17-10-22(27,11-18(17)13-24)9-15-4-2-1-3-5-15/h1-8,17-18,25,27H,9-14H2/t17-,18+,22+. The lowest BCUT2D eigenvalue weighted by atomic mass is 9.91. The summed E-state index contributed by atoms with van der Waals surface area (Å²) in [7, 11) is 0. The normalized spacial score (nSPS) is 27.6. The Hall–Kier alpha value is -2.24. The van der Waals surface area contributed by atoms with Crippen molar-refractivity contribution >= 4 is 5.78 Å². The Morgan fingerprint density at radius 3 is 2.41 bits per heavy atom. The number of ketones is 1. The van der Waals surface area contributed by atoms with Gasteiger partial charge in [-0.05, 0) is 48.4 Å². The highest BCUT2D eigenvalue weighted by molar-refractivity contribution is 5.97. The predicted octanol–water partition coefficient (Wildman–Crippen LogP) is 3.03. The number of phenols is 1. The van der Waals surface area contributed by atoms with Crippen LogP contribution in [0.5, 0.6) is 5.75 Å². The van der Waals surface area contributed by atoms with Crippen LogP contribution in [0.1, 0.15) is 28.8 Å². The Balaban J connectivity index is 1.34. The fourth-order valence-electron chi connectivity index (χ4n) is 4.78. The molecule has 0 radical (unpaired) electrons. The van der Waals surface area contributed by atoms with E-state index in [1.807, 2.05) is 30.3 Å². The van der Waals surface area contributed by atoms with E-state index < -0.39 is 17.2 Å². The van der Waals surface area contributed by atoms with Gasteiger partial charge >= 0.3 is 0 Å². The lowest BCUT2D eigenvalue weighted by Crippen LogP contribution is -2.34. The van der Waals surface area contributed by atoms with Crippen molar-refractivity contribution in [1.82, 2.24) is 4.90 Å². The summed E-state index contributed by atoms with van der Waals surface area (Å²) in [5.41, 5.74) is 0.775. The van der Waals surface area contributed by atoms with Gasteiger partial charge in [0.25, 0.3) is 0 Å². The van der Waals surface area contributed by atoms with Gasteiger partial charge in [-0.15, -0.1) is 0 Å². The largest absolute Gasteiger partial charge is 0.505 e. The van der Waals surface area contributed by atoms with E-state index in [-0.39, 0.29) is 17.9 Å². The quantitative estimate of drug-likeness (QED) is 0.796. The van der Waals surface area contributed by atoms with Crippen LogP contribution >= 0.6 is 0 Å². The van der Waals surface area contributed by atoms with Gasteiger partial charge in [-0.3, -0.25) is 9.69 Å². The zero-order chi connectivity index (χ0) is 19.0. The van der Waals surface area contributed by atoms with Crippen molar-refractivity contribution in [2.75, 3.05) is 19.6 Å². The molecule has 4 rings (SSSR count). The third-order valence-corrected chi connectivity index (χ3v) is 5.95. The fraction of sp³-hybridized carbons (Fsp3) is 0.409. The average Bonchev–Trinajstić information content (AvgIpc) is 3.11. The van der Waals surface area contributed by atoms with Crippen LogP contribution in [0.2, 0.25) is 0 Å². The van der Waals surface area contributed by atoms with E-state index >= 15 is 0 Å². The molecule has 27 heavy (non-hydrogen) atoms. The van der Waals surface area contributed by atoms with Crippen molar-refractivity contribution in [3.8, 4) is 5.75 Å². The fourth-order valence-corrected chi connectivity index (χ4v) is 4.78. The molecule has 1 saturated carbocycles. The Kier molecular flexibility index (Phi) is 4.74. The lowest BCUT2D eigenvalue weighted by Gasteiger charge is -2.26. The van der Waals surface area contributed by atoms with Gasteiger partial charge in [-0.25, -0.2) is 4.39 Å². The van der Waals surface area contributed by atoms with Crippen molar-refractivity contribution in [2.24, 2.45) is 11.8 Å². The number of hydrogen-bond donors (Lipinski definition) is 2. The van der Waals surface area contributed by atoms with Gasteiger partial charge in [-0.1, -0.05) is 30.3 Å². The molecule has 0 bridgehead atoms. The highest BCUT2D eigenvalue weighted by Crippen LogP contribution is 2.45. The number of benzene rings is 2. The highest BCUT2D eigenvalue weighted by atomic mass is 19.1. The van der Waals surface area contributed by atoms with Crippen LogP contribution in [0.15, 0.2) is 48.5 Å². The average molecular weight is 369 g/mol. The van der Waals surface area contributed by atoms with Crippen LogP contribution < -0.4 is 0 Å². The maximum atomic E-state index is 13.5. The summed E-state index contributed by atoms with van der Waals surface area (Å²) in [6.45, 7) is 1.82. The van der Waals surface area contributed by atoms with Crippen LogP contribution in [0.25, 0.3) is 0 Å². The van der Waals surface area contributed by atoms with Crippen LogP contribution in [-0.2, 0) is 6.42 Å². The third kappa shape index (κ3) is 3.89. The van der Waals surface area contributed by atoms with E-state index in [9.17, 15) is 19.4 Å². The summed E-state index contributed by atoms with van der Waals surface area (Å²) in [6.07, 6.45) is 2.18. The smallest absolute Gasteiger partial charge is 0.176 e. The minimum absolute atomic E-state index is 0.145. The molecule has 2 aromatic carbocycles. The minimum atomic E-state index is -0.773. The number of nitrogens with zero attached hydrogens (tertiary/aromatic N) is 1. The van der Waals surface area contributed by atoms with Crippen molar-refractivity contribution in [3.63, 3.8) is 0 Å². The zero-order valence-electron chi connectivity index (χ0n) is 15.1. The second-order valence-electron chi connectivity index (χ2n) is 8.10. The number of likely N-dealkylation sites (tertiary alicyclic amines) is 1. The summed E-state index contributed by atoms with van der Waals surface area (Å²) < 4.78 is 13.5.